The van der Waals surface area contributed by atoms with Crippen molar-refractivity contribution in [3.8, 4) is 0 Å². The van der Waals surface area contributed by atoms with E-state index in [0.29, 0.717) is 6.04 Å². The minimum atomic E-state index is 0.345. The average Bonchev–Trinajstić information content (AvgIpc) is 1.83. The van der Waals surface area contributed by atoms with Gasteiger partial charge in [-0.25, -0.2) is 0 Å². The molecule has 1 unspecified atom stereocenters. The van der Waals surface area contributed by atoms with E-state index in [0.717, 1.165) is 12.2 Å². The van der Waals surface area contributed by atoms with Crippen molar-refractivity contribution in [3.63, 3.8) is 0 Å². The van der Waals surface area contributed by atoms with Crippen molar-refractivity contribution in [2.75, 3.05) is 5.75 Å². The minimum absolute atomic E-state index is 0.345. The number of hydrogen-bond acceptors (Lipinski definition) is 2. The van der Waals surface area contributed by atoms with E-state index in [1.807, 2.05) is 5.41 Å². The molecule has 2 N–H and O–H groups in total. The fraction of sp³-hybridized carbons (Fsp3) is 0.667. The van der Waals surface area contributed by atoms with E-state index in [9.17, 15) is 0 Å². The van der Waals surface area contributed by atoms with Crippen LogP contribution in [0.3, 0.4) is 0 Å². The van der Waals surface area contributed by atoms with Crippen LogP contribution < -0.4 is 5.73 Å². The molecule has 0 aromatic carbocycles. The van der Waals surface area contributed by atoms with E-state index in [-0.39, 0.29) is 0 Å². The molecule has 0 fully saturated rings. The lowest BCUT2D eigenvalue weighted by Crippen LogP contribution is -2.20. The normalized spacial score (nSPS) is 13.2. The van der Waals surface area contributed by atoms with Gasteiger partial charge in [0.15, 0.2) is 0 Å². The summed E-state index contributed by atoms with van der Waals surface area (Å²) in [4.78, 5) is 0. The maximum atomic E-state index is 5.59. The second-order valence-electron chi connectivity index (χ2n) is 1.67. The summed E-state index contributed by atoms with van der Waals surface area (Å²) in [7, 11) is 0. The van der Waals surface area contributed by atoms with Crippen LogP contribution in [-0.2, 0) is 0 Å². The lowest BCUT2D eigenvalue weighted by Gasteiger charge is -2.03. The molecular formula is C6H13NS. The SMILES string of the molecule is C=CSCC(N)CC. The Balaban J connectivity index is 2.97. The fourth-order valence-corrected chi connectivity index (χ4v) is 0.928. The van der Waals surface area contributed by atoms with Crippen LogP contribution in [0.15, 0.2) is 12.0 Å². The molecule has 1 nitrogen and oxygen atoms in total. The smallest absolute Gasteiger partial charge is 0.0131 e. The molecule has 0 spiro atoms. The summed E-state index contributed by atoms with van der Waals surface area (Å²) >= 11 is 1.68. The summed E-state index contributed by atoms with van der Waals surface area (Å²) in [6.07, 6.45) is 1.06. The van der Waals surface area contributed by atoms with Gasteiger partial charge in [-0.05, 0) is 11.8 Å². The van der Waals surface area contributed by atoms with Crippen molar-refractivity contribution in [2.24, 2.45) is 5.73 Å². The van der Waals surface area contributed by atoms with E-state index < -0.39 is 0 Å². The van der Waals surface area contributed by atoms with Crippen molar-refractivity contribution in [1.29, 1.82) is 0 Å². The van der Waals surface area contributed by atoms with Crippen molar-refractivity contribution in [1.82, 2.24) is 0 Å². The molecule has 0 saturated heterocycles. The molecule has 0 aromatic heterocycles. The van der Waals surface area contributed by atoms with Crippen LogP contribution in [0.5, 0.6) is 0 Å². The quantitative estimate of drug-likeness (QED) is 0.627. The molecular weight excluding hydrogens is 118 g/mol. The standard InChI is InChI=1S/C6H13NS/c1-3-6(7)5-8-4-2/h4,6H,2-3,5,7H2,1H3. The average molecular weight is 131 g/mol. The molecule has 0 amide bonds. The highest BCUT2D eigenvalue weighted by Gasteiger charge is 1.94. The Morgan fingerprint density at radius 2 is 2.50 bits per heavy atom. The molecule has 0 aliphatic heterocycles. The highest BCUT2D eigenvalue weighted by Crippen LogP contribution is 2.02. The van der Waals surface area contributed by atoms with Gasteiger partial charge in [0.05, 0.1) is 0 Å². The maximum Gasteiger partial charge on any atom is 0.0131 e. The first-order valence-electron chi connectivity index (χ1n) is 2.79. The zero-order valence-corrected chi connectivity index (χ0v) is 6.08. The number of rotatable bonds is 4. The molecule has 0 rings (SSSR count). The van der Waals surface area contributed by atoms with Gasteiger partial charge in [-0.15, -0.1) is 11.8 Å². The first-order chi connectivity index (χ1) is 3.81. The Morgan fingerprint density at radius 3 is 2.88 bits per heavy atom. The lowest BCUT2D eigenvalue weighted by molar-refractivity contribution is 0.726. The van der Waals surface area contributed by atoms with Gasteiger partial charge in [0, 0.05) is 11.8 Å². The summed E-state index contributed by atoms with van der Waals surface area (Å²) in [5, 5.41) is 1.83. The van der Waals surface area contributed by atoms with Crippen LogP contribution in [0.25, 0.3) is 0 Å². The third-order valence-electron chi connectivity index (χ3n) is 0.953. The van der Waals surface area contributed by atoms with Crippen LogP contribution in [0.2, 0.25) is 0 Å². The Kier molecular flexibility index (Phi) is 5.22. The Morgan fingerprint density at radius 1 is 1.88 bits per heavy atom. The molecule has 8 heavy (non-hydrogen) atoms. The van der Waals surface area contributed by atoms with E-state index in [1.54, 1.807) is 11.8 Å². The Labute approximate surface area is 55.3 Å². The van der Waals surface area contributed by atoms with Crippen molar-refractivity contribution in [2.45, 2.75) is 19.4 Å². The first kappa shape index (κ1) is 8.05. The highest BCUT2D eigenvalue weighted by atomic mass is 32.2. The van der Waals surface area contributed by atoms with Gasteiger partial charge in [0.1, 0.15) is 0 Å². The number of hydrogen-bond donors (Lipinski definition) is 1. The van der Waals surface area contributed by atoms with Crippen molar-refractivity contribution >= 4 is 11.8 Å². The monoisotopic (exact) mass is 131 g/mol. The third-order valence-corrected chi connectivity index (χ3v) is 1.81. The molecule has 1 atom stereocenters. The highest BCUT2D eigenvalue weighted by molar-refractivity contribution is 8.02. The van der Waals surface area contributed by atoms with Gasteiger partial charge in [0.25, 0.3) is 0 Å². The van der Waals surface area contributed by atoms with Crippen LogP contribution in [0, 0.1) is 0 Å². The molecule has 0 aliphatic carbocycles. The third kappa shape index (κ3) is 4.22. The molecule has 0 aliphatic rings. The predicted molar refractivity (Wildman–Crippen MR) is 40.9 cm³/mol. The van der Waals surface area contributed by atoms with Crippen molar-refractivity contribution < 1.29 is 0 Å². The van der Waals surface area contributed by atoms with E-state index in [4.69, 9.17) is 5.73 Å². The predicted octanol–water partition coefficient (Wildman–Crippen LogP) is 1.60. The van der Waals surface area contributed by atoms with Gasteiger partial charge in [-0.3, -0.25) is 0 Å². The molecule has 0 heterocycles. The van der Waals surface area contributed by atoms with E-state index in [2.05, 4.69) is 13.5 Å². The summed E-state index contributed by atoms with van der Waals surface area (Å²) in [6, 6.07) is 0.345. The summed E-state index contributed by atoms with van der Waals surface area (Å²) < 4.78 is 0. The molecule has 0 bridgehead atoms. The molecule has 0 aromatic rings. The summed E-state index contributed by atoms with van der Waals surface area (Å²) in [5.74, 6) is 1.00. The molecule has 0 saturated carbocycles. The molecule has 48 valence electrons. The topological polar surface area (TPSA) is 26.0 Å². The van der Waals surface area contributed by atoms with Gasteiger partial charge < -0.3 is 5.73 Å². The largest absolute Gasteiger partial charge is 0.327 e. The second kappa shape index (κ2) is 5.19. The molecule has 0 radical (unpaired) electrons. The van der Waals surface area contributed by atoms with Crippen LogP contribution in [0.1, 0.15) is 13.3 Å². The second-order valence-corrected chi connectivity index (χ2v) is 2.67. The summed E-state index contributed by atoms with van der Waals surface area (Å²) in [6.45, 7) is 5.67. The number of thioether (sulfide) groups is 1. The van der Waals surface area contributed by atoms with Gasteiger partial charge in [-0.1, -0.05) is 13.5 Å². The van der Waals surface area contributed by atoms with Crippen LogP contribution >= 0.6 is 11.8 Å². The maximum absolute atomic E-state index is 5.59. The molecule has 2 heteroatoms. The van der Waals surface area contributed by atoms with Gasteiger partial charge in [0.2, 0.25) is 0 Å². The van der Waals surface area contributed by atoms with Gasteiger partial charge >= 0.3 is 0 Å². The Bertz CT molecular complexity index is 63.5. The van der Waals surface area contributed by atoms with Crippen LogP contribution in [-0.4, -0.2) is 11.8 Å². The first-order valence-corrected chi connectivity index (χ1v) is 3.84. The van der Waals surface area contributed by atoms with E-state index >= 15 is 0 Å². The zero-order chi connectivity index (χ0) is 6.41. The van der Waals surface area contributed by atoms with Crippen LogP contribution in [0.4, 0.5) is 0 Å². The Hall–Kier alpha value is 0.0500. The minimum Gasteiger partial charge on any atom is -0.327 e. The summed E-state index contributed by atoms with van der Waals surface area (Å²) in [5.41, 5.74) is 5.59. The number of nitrogens with two attached hydrogens (primary N) is 1. The van der Waals surface area contributed by atoms with E-state index in [1.165, 1.54) is 0 Å². The van der Waals surface area contributed by atoms with Crippen molar-refractivity contribution in [3.05, 3.63) is 12.0 Å². The zero-order valence-electron chi connectivity index (χ0n) is 5.26. The fourth-order valence-electron chi connectivity index (χ4n) is 0.309. The van der Waals surface area contributed by atoms with Gasteiger partial charge in [-0.2, -0.15) is 0 Å². The lowest BCUT2D eigenvalue weighted by atomic mass is 10.3.